The SMILES string of the molecule is CCOC(=O)CNC(=O)N1CC[C@H]2[C@@H]1CCN2C(=O)c1cccnc1NC. The van der Waals surface area contributed by atoms with Crippen molar-refractivity contribution >= 4 is 23.7 Å². The number of hydrogen-bond acceptors (Lipinski definition) is 6. The quantitative estimate of drug-likeness (QED) is 0.734. The summed E-state index contributed by atoms with van der Waals surface area (Å²) in [6.45, 7) is 3.00. The van der Waals surface area contributed by atoms with Crippen molar-refractivity contribution in [2.24, 2.45) is 0 Å². The van der Waals surface area contributed by atoms with Gasteiger partial charge in [0.1, 0.15) is 12.4 Å². The first-order valence-corrected chi connectivity index (χ1v) is 9.20. The molecule has 0 spiro atoms. The zero-order valence-electron chi connectivity index (χ0n) is 15.6. The van der Waals surface area contributed by atoms with Crippen LogP contribution in [0.25, 0.3) is 0 Å². The molecule has 2 atom stereocenters. The Bertz CT molecular complexity index is 725. The summed E-state index contributed by atoms with van der Waals surface area (Å²) in [5.41, 5.74) is 0.533. The fourth-order valence-electron chi connectivity index (χ4n) is 3.88. The fourth-order valence-corrected chi connectivity index (χ4v) is 3.88. The molecule has 3 heterocycles. The normalized spacial score (nSPS) is 21.0. The number of hydrogen-bond donors (Lipinski definition) is 2. The molecule has 0 bridgehead atoms. The molecule has 2 saturated heterocycles. The van der Waals surface area contributed by atoms with Crippen LogP contribution in [0.2, 0.25) is 0 Å². The van der Waals surface area contributed by atoms with E-state index in [-0.39, 0.29) is 37.2 Å². The molecule has 3 rings (SSSR count). The zero-order valence-corrected chi connectivity index (χ0v) is 15.6. The summed E-state index contributed by atoms with van der Waals surface area (Å²) in [4.78, 5) is 44.6. The minimum atomic E-state index is -0.457. The second-order valence-electron chi connectivity index (χ2n) is 6.52. The minimum absolute atomic E-state index is 0.0178. The summed E-state index contributed by atoms with van der Waals surface area (Å²) in [5.74, 6) is 0.0164. The molecular weight excluding hydrogens is 350 g/mol. The Morgan fingerprint density at radius 2 is 1.93 bits per heavy atom. The summed E-state index contributed by atoms with van der Waals surface area (Å²) in [6.07, 6.45) is 3.08. The Balaban J connectivity index is 1.64. The fraction of sp³-hybridized carbons (Fsp3) is 0.556. The molecule has 0 aromatic carbocycles. The molecule has 27 heavy (non-hydrogen) atoms. The second-order valence-corrected chi connectivity index (χ2v) is 6.52. The molecule has 9 heteroatoms. The van der Waals surface area contributed by atoms with E-state index in [1.54, 1.807) is 37.2 Å². The largest absolute Gasteiger partial charge is 0.465 e. The summed E-state index contributed by atoms with van der Waals surface area (Å²) < 4.78 is 4.82. The van der Waals surface area contributed by atoms with Gasteiger partial charge in [0.05, 0.1) is 24.3 Å². The van der Waals surface area contributed by atoms with Gasteiger partial charge in [0.2, 0.25) is 0 Å². The van der Waals surface area contributed by atoms with Gasteiger partial charge in [0, 0.05) is 26.3 Å². The number of amides is 3. The van der Waals surface area contributed by atoms with Crippen molar-refractivity contribution in [2.45, 2.75) is 31.8 Å². The van der Waals surface area contributed by atoms with Crippen LogP contribution < -0.4 is 10.6 Å². The highest BCUT2D eigenvalue weighted by molar-refractivity contribution is 5.99. The van der Waals surface area contributed by atoms with Crippen LogP contribution >= 0.6 is 0 Å². The third kappa shape index (κ3) is 3.81. The molecule has 0 aliphatic carbocycles. The maximum Gasteiger partial charge on any atom is 0.325 e. The van der Waals surface area contributed by atoms with Crippen molar-refractivity contribution in [3.63, 3.8) is 0 Å². The smallest absolute Gasteiger partial charge is 0.325 e. The number of fused-ring (bicyclic) bond motifs is 1. The van der Waals surface area contributed by atoms with Gasteiger partial charge in [-0.1, -0.05) is 0 Å². The number of pyridine rings is 1. The highest BCUT2D eigenvalue weighted by Crippen LogP contribution is 2.33. The van der Waals surface area contributed by atoms with Gasteiger partial charge in [-0.15, -0.1) is 0 Å². The monoisotopic (exact) mass is 375 g/mol. The first-order chi connectivity index (χ1) is 13.1. The number of aromatic nitrogens is 1. The summed E-state index contributed by atoms with van der Waals surface area (Å²) >= 11 is 0. The average Bonchev–Trinajstić information content (AvgIpc) is 3.28. The average molecular weight is 375 g/mol. The Kier molecular flexibility index (Phi) is 5.78. The number of anilines is 1. The van der Waals surface area contributed by atoms with Crippen LogP contribution in [0.15, 0.2) is 18.3 Å². The molecule has 2 fully saturated rings. The Morgan fingerprint density at radius 3 is 2.63 bits per heavy atom. The van der Waals surface area contributed by atoms with Crippen molar-refractivity contribution < 1.29 is 19.1 Å². The van der Waals surface area contributed by atoms with Crippen LogP contribution in [0.3, 0.4) is 0 Å². The van der Waals surface area contributed by atoms with Gasteiger partial charge in [0.25, 0.3) is 5.91 Å². The van der Waals surface area contributed by atoms with E-state index in [1.165, 1.54) is 0 Å². The number of rotatable bonds is 5. The molecule has 0 radical (unpaired) electrons. The van der Waals surface area contributed by atoms with E-state index in [0.29, 0.717) is 24.5 Å². The van der Waals surface area contributed by atoms with Gasteiger partial charge >= 0.3 is 12.0 Å². The molecular formula is C18H25N5O4. The van der Waals surface area contributed by atoms with Crippen LogP contribution in [-0.2, 0) is 9.53 Å². The standard InChI is InChI=1S/C18H25N5O4/c1-3-27-15(24)11-21-18(26)23-10-7-13-14(23)6-9-22(13)17(25)12-5-4-8-20-16(12)19-2/h4-5,8,13-14H,3,6-7,9-11H2,1-2H3,(H,19,20)(H,21,26)/t13-,14-/m0/s1. The molecule has 3 amide bonds. The zero-order chi connectivity index (χ0) is 19.4. The van der Waals surface area contributed by atoms with Crippen LogP contribution in [0.5, 0.6) is 0 Å². The third-order valence-corrected chi connectivity index (χ3v) is 5.06. The lowest BCUT2D eigenvalue weighted by atomic mass is 10.1. The molecule has 1 aromatic rings. The van der Waals surface area contributed by atoms with Crippen LogP contribution in [0.4, 0.5) is 10.6 Å². The van der Waals surface area contributed by atoms with E-state index in [1.807, 2.05) is 4.90 Å². The van der Waals surface area contributed by atoms with E-state index < -0.39 is 5.97 Å². The highest BCUT2D eigenvalue weighted by atomic mass is 16.5. The number of nitrogens with zero attached hydrogens (tertiary/aromatic N) is 3. The number of nitrogens with one attached hydrogen (secondary N) is 2. The maximum absolute atomic E-state index is 13.0. The summed E-state index contributed by atoms with van der Waals surface area (Å²) in [7, 11) is 1.73. The summed E-state index contributed by atoms with van der Waals surface area (Å²) in [5, 5.41) is 5.55. The number of esters is 1. The van der Waals surface area contributed by atoms with Gasteiger partial charge in [-0.25, -0.2) is 9.78 Å². The number of likely N-dealkylation sites (tertiary alicyclic amines) is 2. The number of urea groups is 1. The molecule has 2 N–H and O–H groups in total. The molecule has 0 saturated carbocycles. The van der Waals surface area contributed by atoms with Crippen molar-refractivity contribution in [3.8, 4) is 0 Å². The lowest BCUT2D eigenvalue weighted by Crippen LogP contribution is -2.46. The van der Waals surface area contributed by atoms with Crippen molar-refractivity contribution in [1.29, 1.82) is 0 Å². The molecule has 0 unspecified atom stereocenters. The number of ether oxygens (including phenoxy) is 1. The first kappa shape index (κ1) is 18.9. The van der Waals surface area contributed by atoms with Gasteiger partial charge in [-0.3, -0.25) is 9.59 Å². The first-order valence-electron chi connectivity index (χ1n) is 9.20. The second kappa shape index (κ2) is 8.24. The van der Waals surface area contributed by atoms with Crippen LogP contribution in [0.1, 0.15) is 30.1 Å². The van der Waals surface area contributed by atoms with E-state index in [2.05, 4.69) is 15.6 Å². The highest BCUT2D eigenvalue weighted by Gasteiger charge is 2.46. The third-order valence-electron chi connectivity index (χ3n) is 5.06. The van der Waals surface area contributed by atoms with Crippen molar-refractivity contribution in [1.82, 2.24) is 20.1 Å². The molecule has 9 nitrogen and oxygen atoms in total. The van der Waals surface area contributed by atoms with E-state index in [4.69, 9.17) is 4.74 Å². The van der Waals surface area contributed by atoms with E-state index in [0.717, 1.165) is 12.8 Å². The van der Waals surface area contributed by atoms with Crippen molar-refractivity contribution in [2.75, 3.05) is 38.6 Å². The Labute approximate surface area is 158 Å². The molecule has 2 aliphatic heterocycles. The van der Waals surface area contributed by atoms with Gasteiger partial charge < -0.3 is 25.2 Å². The van der Waals surface area contributed by atoms with Crippen LogP contribution in [0, 0.1) is 0 Å². The van der Waals surface area contributed by atoms with E-state index in [9.17, 15) is 14.4 Å². The van der Waals surface area contributed by atoms with Crippen LogP contribution in [-0.4, -0.2) is 78.1 Å². The Hall–Kier alpha value is -2.84. The minimum Gasteiger partial charge on any atom is -0.465 e. The van der Waals surface area contributed by atoms with Gasteiger partial charge in [-0.2, -0.15) is 0 Å². The Morgan fingerprint density at radius 1 is 1.22 bits per heavy atom. The number of carbonyl (C=O) groups is 3. The number of carbonyl (C=O) groups excluding carboxylic acids is 3. The summed E-state index contributed by atoms with van der Waals surface area (Å²) in [6, 6.07) is 3.15. The predicted octanol–water partition coefficient (Wildman–Crippen LogP) is 0.685. The van der Waals surface area contributed by atoms with Crippen molar-refractivity contribution in [3.05, 3.63) is 23.9 Å². The van der Waals surface area contributed by atoms with Gasteiger partial charge in [0.15, 0.2) is 0 Å². The topological polar surface area (TPSA) is 104 Å². The van der Waals surface area contributed by atoms with Gasteiger partial charge in [-0.05, 0) is 31.9 Å². The molecule has 2 aliphatic rings. The predicted molar refractivity (Wildman–Crippen MR) is 98.4 cm³/mol. The van der Waals surface area contributed by atoms with E-state index >= 15 is 0 Å². The molecule has 1 aromatic heterocycles. The lowest BCUT2D eigenvalue weighted by Gasteiger charge is -2.26. The maximum atomic E-state index is 13.0. The molecule has 146 valence electrons. The lowest BCUT2D eigenvalue weighted by molar-refractivity contribution is -0.141.